The van der Waals surface area contributed by atoms with E-state index < -0.39 is 0 Å². The van der Waals surface area contributed by atoms with Gasteiger partial charge in [0.15, 0.2) is 0 Å². The highest BCUT2D eigenvalue weighted by atomic mass is 15.2. The molecule has 0 aromatic carbocycles. The van der Waals surface area contributed by atoms with Crippen molar-refractivity contribution < 1.29 is 0 Å². The maximum absolute atomic E-state index is 3.51. The minimum atomic E-state index is 0.525. The molecule has 0 amide bonds. The largest absolute Gasteiger partial charge is 0.303 e. The molecule has 24 heavy (non-hydrogen) atoms. The quantitative estimate of drug-likeness (QED) is 0.708. The second-order valence-electron chi connectivity index (χ2n) is 8.79. The van der Waals surface area contributed by atoms with Crippen LogP contribution in [0.15, 0.2) is 0 Å². The number of hydrogen-bond donors (Lipinski definition) is 0. The summed E-state index contributed by atoms with van der Waals surface area (Å²) < 4.78 is 0. The van der Waals surface area contributed by atoms with Crippen LogP contribution in [0.1, 0.15) is 71.6 Å². The summed E-state index contributed by atoms with van der Waals surface area (Å²) in [5.41, 5.74) is 0. The van der Waals surface area contributed by atoms with Crippen molar-refractivity contribution in [3.05, 3.63) is 0 Å². The van der Waals surface area contributed by atoms with Gasteiger partial charge in [0.05, 0.1) is 0 Å². The first-order chi connectivity index (χ1) is 11.7. The summed E-state index contributed by atoms with van der Waals surface area (Å²) in [5, 5.41) is 0. The van der Waals surface area contributed by atoms with Gasteiger partial charge in [0.2, 0.25) is 0 Å². The average molecular weight is 331 g/mol. The van der Waals surface area contributed by atoms with Crippen LogP contribution < -0.4 is 0 Å². The molecule has 1 aliphatic carbocycles. The first-order valence-electron chi connectivity index (χ1n) is 10.7. The van der Waals surface area contributed by atoms with E-state index in [0.717, 1.165) is 12.0 Å². The normalized spacial score (nSPS) is 26.5. The topological polar surface area (TPSA) is 6.48 Å². The summed E-state index contributed by atoms with van der Waals surface area (Å²) in [6.45, 7) is 11.0. The van der Waals surface area contributed by atoms with Crippen LogP contribution in [0.3, 0.4) is 0 Å². The van der Waals surface area contributed by atoms with Crippen molar-refractivity contribution >= 4 is 0 Å². The zero-order valence-electron chi connectivity index (χ0n) is 16.1. The van der Waals surface area contributed by atoms with Crippen LogP contribution in [0.2, 0.25) is 0 Å². The molecule has 0 aromatic rings. The number of likely N-dealkylation sites (tertiary alicyclic amines) is 2. The Hall–Kier alpha value is -0.520. The maximum atomic E-state index is 3.51. The molecular formula is C22H38N2. The van der Waals surface area contributed by atoms with Crippen molar-refractivity contribution in [2.24, 2.45) is 17.8 Å². The molecule has 3 fully saturated rings. The Morgan fingerprint density at radius 2 is 1.50 bits per heavy atom. The molecule has 2 heterocycles. The summed E-state index contributed by atoms with van der Waals surface area (Å²) in [6.07, 6.45) is 12.8. The SMILES string of the molecule is CC(C)C#CC1CCN(C2CCN(CC3CCCCC3)CC2)CC1. The first-order valence-corrected chi connectivity index (χ1v) is 10.7. The molecule has 0 spiro atoms. The molecule has 0 unspecified atom stereocenters. The summed E-state index contributed by atoms with van der Waals surface area (Å²) >= 11 is 0. The van der Waals surface area contributed by atoms with Gasteiger partial charge in [-0.25, -0.2) is 0 Å². The van der Waals surface area contributed by atoms with Gasteiger partial charge >= 0.3 is 0 Å². The molecule has 0 aromatic heterocycles. The molecule has 1 saturated carbocycles. The third-order valence-corrected chi connectivity index (χ3v) is 6.42. The Kier molecular flexibility index (Phi) is 7.05. The lowest BCUT2D eigenvalue weighted by molar-refractivity contribution is 0.0754. The summed E-state index contributed by atoms with van der Waals surface area (Å²) in [4.78, 5) is 5.55. The molecule has 136 valence electrons. The monoisotopic (exact) mass is 330 g/mol. The lowest BCUT2D eigenvalue weighted by Crippen LogP contribution is -2.48. The fourth-order valence-electron chi connectivity index (χ4n) is 4.90. The van der Waals surface area contributed by atoms with E-state index in [-0.39, 0.29) is 0 Å². The van der Waals surface area contributed by atoms with Crippen molar-refractivity contribution in [2.45, 2.75) is 77.7 Å². The van der Waals surface area contributed by atoms with Gasteiger partial charge in [-0.3, -0.25) is 0 Å². The van der Waals surface area contributed by atoms with E-state index in [2.05, 4.69) is 35.5 Å². The van der Waals surface area contributed by atoms with Gasteiger partial charge in [-0.1, -0.05) is 39.0 Å². The highest BCUT2D eigenvalue weighted by Gasteiger charge is 2.28. The van der Waals surface area contributed by atoms with Crippen molar-refractivity contribution in [1.29, 1.82) is 0 Å². The second kappa shape index (κ2) is 9.25. The van der Waals surface area contributed by atoms with E-state index in [1.165, 1.54) is 90.5 Å². The van der Waals surface area contributed by atoms with E-state index in [0.29, 0.717) is 11.8 Å². The van der Waals surface area contributed by atoms with Gasteiger partial charge in [0.25, 0.3) is 0 Å². The summed E-state index contributed by atoms with van der Waals surface area (Å²) in [7, 11) is 0. The highest BCUT2D eigenvalue weighted by Crippen LogP contribution is 2.27. The van der Waals surface area contributed by atoms with E-state index in [1.54, 1.807) is 0 Å². The number of nitrogens with zero attached hydrogens (tertiary/aromatic N) is 2. The molecular weight excluding hydrogens is 292 g/mol. The van der Waals surface area contributed by atoms with Crippen molar-refractivity contribution in [3.8, 4) is 11.8 Å². The van der Waals surface area contributed by atoms with E-state index in [9.17, 15) is 0 Å². The number of hydrogen-bond acceptors (Lipinski definition) is 2. The molecule has 2 aliphatic heterocycles. The summed E-state index contributed by atoms with van der Waals surface area (Å²) in [5.74, 6) is 9.08. The molecule has 3 aliphatic rings. The minimum Gasteiger partial charge on any atom is -0.303 e. The van der Waals surface area contributed by atoms with Gasteiger partial charge in [-0.2, -0.15) is 0 Å². The fraction of sp³-hybridized carbons (Fsp3) is 0.909. The predicted octanol–water partition coefficient (Wildman–Crippen LogP) is 4.40. The molecule has 3 rings (SSSR count). The Morgan fingerprint density at radius 1 is 0.833 bits per heavy atom. The fourth-order valence-corrected chi connectivity index (χ4v) is 4.90. The van der Waals surface area contributed by atoms with Crippen molar-refractivity contribution in [2.75, 3.05) is 32.7 Å². The van der Waals surface area contributed by atoms with Crippen LogP contribution in [0.4, 0.5) is 0 Å². The van der Waals surface area contributed by atoms with Gasteiger partial charge in [-0.15, -0.1) is 5.92 Å². The molecule has 2 saturated heterocycles. The average Bonchev–Trinajstić information content (AvgIpc) is 2.62. The lowest BCUT2D eigenvalue weighted by Gasteiger charge is -2.42. The lowest BCUT2D eigenvalue weighted by atomic mass is 9.88. The molecule has 2 nitrogen and oxygen atoms in total. The molecule has 0 atom stereocenters. The second-order valence-corrected chi connectivity index (χ2v) is 8.79. The van der Waals surface area contributed by atoms with Crippen LogP contribution in [-0.4, -0.2) is 48.6 Å². The van der Waals surface area contributed by atoms with Crippen LogP contribution in [0.5, 0.6) is 0 Å². The molecule has 0 N–H and O–H groups in total. The molecule has 0 bridgehead atoms. The molecule has 2 heteroatoms. The van der Waals surface area contributed by atoms with Gasteiger partial charge < -0.3 is 9.80 Å². The number of rotatable bonds is 3. The Morgan fingerprint density at radius 3 is 2.12 bits per heavy atom. The maximum Gasteiger partial charge on any atom is 0.0227 e. The zero-order chi connectivity index (χ0) is 16.8. The first kappa shape index (κ1) is 18.3. The zero-order valence-corrected chi connectivity index (χ0v) is 16.1. The van der Waals surface area contributed by atoms with Gasteiger partial charge in [-0.05, 0) is 70.6 Å². The Labute approximate surface area is 150 Å². The smallest absolute Gasteiger partial charge is 0.0227 e. The van der Waals surface area contributed by atoms with Crippen molar-refractivity contribution in [3.63, 3.8) is 0 Å². The molecule has 0 radical (unpaired) electrons. The van der Waals surface area contributed by atoms with Gasteiger partial charge in [0.1, 0.15) is 0 Å². The van der Waals surface area contributed by atoms with Crippen LogP contribution in [0.25, 0.3) is 0 Å². The van der Waals surface area contributed by atoms with Crippen LogP contribution >= 0.6 is 0 Å². The standard InChI is InChI=1S/C22H38N2/c1-19(2)8-9-20-10-16-24(17-11-20)22-12-14-23(15-13-22)18-21-6-4-3-5-7-21/h19-22H,3-7,10-18H2,1-2H3. The predicted molar refractivity (Wildman–Crippen MR) is 103 cm³/mol. The van der Waals surface area contributed by atoms with Gasteiger partial charge in [0, 0.05) is 24.4 Å². The van der Waals surface area contributed by atoms with E-state index in [4.69, 9.17) is 0 Å². The van der Waals surface area contributed by atoms with Crippen LogP contribution in [-0.2, 0) is 0 Å². The third kappa shape index (κ3) is 5.50. The minimum absolute atomic E-state index is 0.525. The Balaban J connectivity index is 1.36. The highest BCUT2D eigenvalue weighted by molar-refractivity contribution is 5.07. The number of piperidine rings is 2. The summed E-state index contributed by atoms with van der Waals surface area (Å²) in [6, 6.07) is 0.853. The van der Waals surface area contributed by atoms with Crippen LogP contribution in [0, 0.1) is 29.6 Å². The third-order valence-electron chi connectivity index (χ3n) is 6.42. The Bertz CT molecular complexity index is 411. The van der Waals surface area contributed by atoms with Crippen molar-refractivity contribution in [1.82, 2.24) is 9.80 Å². The van der Waals surface area contributed by atoms with E-state index >= 15 is 0 Å². The van der Waals surface area contributed by atoms with E-state index in [1.807, 2.05) is 0 Å².